The Labute approximate surface area is 139 Å². The molecule has 0 aliphatic rings. The van der Waals surface area contributed by atoms with Crippen LogP contribution in [0.15, 0.2) is 42.5 Å². The molecule has 0 fully saturated rings. The standard InChI is InChI=1S/C18H19NO5/c1-11(9-12-7-8-15(20)16(21)10-12)17(22)19-14-6-4-3-5-13(14)18(23)24-2/h3-8,10-11,20-21H,9H2,1-2H3,(H,19,22). The van der Waals surface area contributed by atoms with Gasteiger partial charge in [-0.15, -0.1) is 0 Å². The summed E-state index contributed by atoms with van der Waals surface area (Å²) in [7, 11) is 1.28. The van der Waals surface area contributed by atoms with Crippen molar-refractivity contribution in [2.45, 2.75) is 13.3 Å². The first kappa shape index (κ1) is 17.3. The van der Waals surface area contributed by atoms with Crippen LogP contribution in [0, 0.1) is 5.92 Å². The van der Waals surface area contributed by atoms with E-state index < -0.39 is 11.9 Å². The predicted molar refractivity (Wildman–Crippen MR) is 89.1 cm³/mol. The third-order valence-electron chi connectivity index (χ3n) is 3.62. The summed E-state index contributed by atoms with van der Waals surface area (Å²) < 4.78 is 4.70. The second-order valence-corrected chi connectivity index (χ2v) is 5.45. The first-order valence-electron chi connectivity index (χ1n) is 7.41. The van der Waals surface area contributed by atoms with Crippen molar-refractivity contribution in [3.8, 4) is 11.5 Å². The van der Waals surface area contributed by atoms with Gasteiger partial charge in [-0.2, -0.15) is 0 Å². The highest BCUT2D eigenvalue weighted by Gasteiger charge is 2.18. The van der Waals surface area contributed by atoms with E-state index in [9.17, 15) is 19.8 Å². The quantitative estimate of drug-likeness (QED) is 0.579. The Morgan fingerprint density at radius 2 is 1.83 bits per heavy atom. The number of benzene rings is 2. The van der Waals surface area contributed by atoms with E-state index in [1.807, 2.05) is 0 Å². The SMILES string of the molecule is COC(=O)c1ccccc1NC(=O)C(C)Cc1ccc(O)c(O)c1. The summed E-state index contributed by atoms with van der Waals surface area (Å²) in [4.78, 5) is 24.1. The lowest BCUT2D eigenvalue weighted by Crippen LogP contribution is -2.23. The Morgan fingerprint density at radius 3 is 2.50 bits per heavy atom. The molecule has 0 aliphatic heterocycles. The van der Waals surface area contributed by atoms with Crippen molar-refractivity contribution in [1.82, 2.24) is 0 Å². The largest absolute Gasteiger partial charge is 0.504 e. The normalized spacial score (nSPS) is 11.6. The van der Waals surface area contributed by atoms with Crippen LogP contribution in [0.4, 0.5) is 5.69 Å². The number of methoxy groups -OCH3 is 1. The summed E-state index contributed by atoms with van der Waals surface area (Å²) in [6, 6.07) is 11.0. The molecule has 1 atom stereocenters. The van der Waals surface area contributed by atoms with Gasteiger partial charge in [0.2, 0.25) is 5.91 Å². The molecule has 1 unspecified atom stereocenters. The number of phenolic OH excluding ortho intramolecular Hbond substituents is 2. The second-order valence-electron chi connectivity index (χ2n) is 5.45. The molecule has 2 aromatic carbocycles. The summed E-state index contributed by atoms with van der Waals surface area (Å²) in [5.41, 5.74) is 1.38. The van der Waals surface area contributed by atoms with Crippen LogP contribution in [0.5, 0.6) is 11.5 Å². The zero-order valence-electron chi connectivity index (χ0n) is 13.4. The molecule has 0 heterocycles. The Bertz CT molecular complexity index is 757. The summed E-state index contributed by atoms with van der Waals surface area (Å²) in [6.45, 7) is 1.74. The molecule has 24 heavy (non-hydrogen) atoms. The lowest BCUT2D eigenvalue weighted by molar-refractivity contribution is -0.119. The minimum Gasteiger partial charge on any atom is -0.504 e. The molecule has 2 rings (SSSR count). The van der Waals surface area contributed by atoms with Crippen molar-refractivity contribution in [1.29, 1.82) is 0 Å². The Hall–Kier alpha value is -3.02. The van der Waals surface area contributed by atoms with Gasteiger partial charge in [-0.25, -0.2) is 4.79 Å². The fraction of sp³-hybridized carbons (Fsp3) is 0.222. The number of carbonyl (C=O) groups excluding carboxylic acids is 2. The number of ether oxygens (including phenoxy) is 1. The summed E-state index contributed by atoms with van der Waals surface area (Å²) in [6.07, 6.45) is 0.375. The summed E-state index contributed by atoms with van der Waals surface area (Å²) in [5, 5.41) is 21.5. The van der Waals surface area contributed by atoms with E-state index in [4.69, 9.17) is 4.74 Å². The van der Waals surface area contributed by atoms with Crippen molar-refractivity contribution in [3.05, 3.63) is 53.6 Å². The average molecular weight is 329 g/mol. The van der Waals surface area contributed by atoms with Crippen molar-refractivity contribution < 1.29 is 24.5 Å². The number of amides is 1. The van der Waals surface area contributed by atoms with Crippen LogP contribution < -0.4 is 5.32 Å². The highest BCUT2D eigenvalue weighted by molar-refractivity contribution is 6.01. The number of aromatic hydroxyl groups is 2. The van der Waals surface area contributed by atoms with Crippen LogP contribution in [0.3, 0.4) is 0 Å². The number of hydrogen-bond donors (Lipinski definition) is 3. The molecule has 0 saturated heterocycles. The van der Waals surface area contributed by atoms with Gasteiger partial charge in [-0.1, -0.05) is 25.1 Å². The van der Waals surface area contributed by atoms with Gasteiger partial charge in [0, 0.05) is 5.92 Å². The maximum absolute atomic E-state index is 12.4. The smallest absolute Gasteiger partial charge is 0.339 e. The maximum atomic E-state index is 12.4. The molecule has 0 aliphatic carbocycles. The van der Waals surface area contributed by atoms with Crippen LogP contribution in [-0.4, -0.2) is 29.2 Å². The molecular weight excluding hydrogens is 310 g/mol. The number of anilines is 1. The van der Waals surface area contributed by atoms with Gasteiger partial charge < -0.3 is 20.3 Å². The minimum absolute atomic E-state index is 0.206. The van der Waals surface area contributed by atoms with Crippen molar-refractivity contribution in [2.75, 3.05) is 12.4 Å². The van der Waals surface area contributed by atoms with Gasteiger partial charge >= 0.3 is 5.97 Å². The van der Waals surface area contributed by atoms with Gasteiger partial charge in [-0.05, 0) is 36.2 Å². The first-order chi connectivity index (χ1) is 11.4. The Morgan fingerprint density at radius 1 is 1.12 bits per heavy atom. The van der Waals surface area contributed by atoms with Crippen LogP contribution in [-0.2, 0) is 16.0 Å². The van der Waals surface area contributed by atoms with Gasteiger partial charge in [0.15, 0.2) is 11.5 Å². The van der Waals surface area contributed by atoms with Gasteiger partial charge in [0.25, 0.3) is 0 Å². The molecule has 0 spiro atoms. The number of carbonyl (C=O) groups is 2. The van der Waals surface area contributed by atoms with E-state index in [1.54, 1.807) is 37.3 Å². The number of para-hydroxylation sites is 1. The minimum atomic E-state index is -0.526. The van der Waals surface area contributed by atoms with E-state index >= 15 is 0 Å². The van der Waals surface area contributed by atoms with Crippen molar-refractivity contribution >= 4 is 17.6 Å². The zero-order valence-corrected chi connectivity index (χ0v) is 13.4. The zero-order chi connectivity index (χ0) is 17.7. The lowest BCUT2D eigenvalue weighted by Gasteiger charge is -2.14. The lowest BCUT2D eigenvalue weighted by atomic mass is 9.99. The Kier molecular flexibility index (Phi) is 5.42. The van der Waals surface area contributed by atoms with Gasteiger partial charge in [0.05, 0.1) is 18.4 Å². The topological polar surface area (TPSA) is 95.9 Å². The third kappa shape index (κ3) is 4.04. The van der Waals surface area contributed by atoms with E-state index in [2.05, 4.69) is 5.32 Å². The van der Waals surface area contributed by atoms with Gasteiger partial charge in [0.1, 0.15) is 0 Å². The molecule has 0 aromatic heterocycles. The fourth-order valence-electron chi connectivity index (χ4n) is 2.28. The predicted octanol–water partition coefficient (Wildman–Crippen LogP) is 2.70. The first-order valence-corrected chi connectivity index (χ1v) is 7.41. The number of rotatable bonds is 5. The maximum Gasteiger partial charge on any atom is 0.339 e. The second kappa shape index (κ2) is 7.50. The summed E-state index contributed by atoms with van der Waals surface area (Å²) >= 11 is 0. The number of esters is 1. The molecule has 1 amide bonds. The molecule has 6 heteroatoms. The molecule has 126 valence electrons. The number of nitrogens with one attached hydrogen (secondary N) is 1. The summed E-state index contributed by atoms with van der Waals surface area (Å²) in [5.74, 6) is -1.63. The molecule has 0 bridgehead atoms. The fourth-order valence-corrected chi connectivity index (χ4v) is 2.28. The molecule has 0 radical (unpaired) electrons. The molecule has 0 saturated carbocycles. The monoisotopic (exact) mass is 329 g/mol. The number of phenols is 2. The third-order valence-corrected chi connectivity index (χ3v) is 3.62. The molecule has 2 aromatic rings. The highest BCUT2D eigenvalue weighted by Crippen LogP contribution is 2.26. The van der Waals surface area contributed by atoms with Crippen molar-refractivity contribution in [3.63, 3.8) is 0 Å². The van der Waals surface area contributed by atoms with Crippen LogP contribution in [0.25, 0.3) is 0 Å². The van der Waals surface area contributed by atoms with Crippen LogP contribution in [0.1, 0.15) is 22.8 Å². The van der Waals surface area contributed by atoms with E-state index in [0.717, 1.165) is 0 Å². The molecule has 3 N–H and O–H groups in total. The van der Waals surface area contributed by atoms with Crippen LogP contribution in [0.2, 0.25) is 0 Å². The van der Waals surface area contributed by atoms with E-state index in [-0.39, 0.29) is 23.0 Å². The Balaban J connectivity index is 2.09. The van der Waals surface area contributed by atoms with Crippen LogP contribution >= 0.6 is 0 Å². The van der Waals surface area contributed by atoms with E-state index in [1.165, 1.54) is 19.2 Å². The molecular formula is C18H19NO5. The van der Waals surface area contributed by atoms with Crippen molar-refractivity contribution in [2.24, 2.45) is 5.92 Å². The number of hydrogen-bond acceptors (Lipinski definition) is 5. The van der Waals surface area contributed by atoms with E-state index in [0.29, 0.717) is 17.7 Å². The molecule has 6 nitrogen and oxygen atoms in total. The average Bonchev–Trinajstić information content (AvgIpc) is 2.58. The highest BCUT2D eigenvalue weighted by atomic mass is 16.5. The van der Waals surface area contributed by atoms with Gasteiger partial charge in [-0.3, -0.25) is 4.79 Å².